The van der Waals surface area contributed by atoms with E-state index in [1.165, 1.54) is 16.7 Å². The zero-order valence-electron chi connectivity index (χ0n) is 15.7. The summed E-state index contributed by atoms with van der Waals surface area (Å²) in [6.07, 6.45) is 2.32. The Bertz CT molecular complexity index is 780. The lowest BCUT2D eigenvalue weighted by atomic mass is 9.93. The number of carbonyl (C=O) groups is 1. The van der Waals surface area contributed by atoms with Crippen molar-refractivity contribution in [3.8, 4) is 11.1 Å². The van der Waals surface area contributed by atoms with Crippen LogP contribution in [-0.2, 0) is 11.3 Å². The van der Waals surface area contributed by atoms with E-state index in [1.54, 1.807) is 6.07 Å². The lowest BCUT2D eigenvalue weighted by molar-refractivity contribution is 0.0662. The first-order valence-corrected chi connectivity index (χ1v) is 9.33. The Balaban J connectivity index is 1.66. The second kappa shape index (κ2) is 8.47. The fourth-order valence-corrected chi connectivity index (χ4v) is 3.63. The molecule has 26 heavy (non-hydrogen) atoms. The molecule has 0 atom stereocenters. The second-order valence-electron chi connectivity index (χ2n) is 7.23. The molecule has 2 aromatic carbocycles. The van der Waals surface area contributed by atoms with E-state index >= 15 is 0 Å². The maximum absolute atomic E-state index is 11.3. The Morgan fingerprint density at radius 1 is 1.08 bits per heavy atom. The molecule has 3 rings (SSSR count). The number of carbonyl (C=O) groups excluding carboxylic acids is 1. The van der Waals surface area contributed by atoms with Gasteiger partial charge in [0.1, 0.15) is 0 Å². The highest BCUT2D eigenvalue weighted by Gasteiger charge is 2.13. The molecule has 0 radical (unpaired) electrons. The van der Waals surface area contributed by atoms with Crippen molar-refractivity contribution in [1.82, 2.24) is 5.32 Å². The molecule has 0 unspecified atom stereocenters. The minimum atomic E-state index is -0.387. The summed E-state index contributed by atoms with van der Waals surface area (Å²) in [7, 11) is 0. The summed E-state index contributed by atoms with van der Waals surface area (Å²) in [5.74, 6) is 0.345. The summed E-state index contributed by atoms with van der Waals surface area (Å²) in [4.78, 5) is 11.3. The Hall–Kier alpha value is -2.17. The topological polar surface area (TPSA) is 64.3 Å². The molecular weight excluding hydrogens is 324 g/mol. The van der Waals surface area contributed by atoms with Crippen molar-refractivity contribution in [1.29, 1.82) is 0 Å². The van der Waals surface area contributed by atoms with Gasteiger partial charge in [0.25, 0.3) is 0 Å². The van der Waals surface area contributed by atoms with Gasteiger partial charge in [-0.3, -0.25) is 4.79 Å². The smallest absolute Gasteiger partial charge is 0.248 e. The third-order valence-corrected chi connectivity index (χ3v) is 5.19. The molecule has 0 aliphatic carbocycles. The maximum atomic E-state index is 11.3. The van der Waals surface area contributed by atoms with Gasteiger partial charge < -0.3 is 15.8 Å². The summed E-state index contributed by atoms with van der Waals surface area (Å²) in [6, 6.07) is 12.2. The van der Waals surface area contributed by atoms with Crippen molar-refractivity contribution in [3.05, 3.63) is 58.7 Å². The van der Waals surface area contributed by atoms with E-state index in [-0.39, 0.29) is 5.91 Å². The number of hydrogen-bond acceptors (Lipinski definition) is 3. The molecule has 3 N–H and O–H groups in total. The van der Waals surface area contributed by atoms with E-state index in [4.69, 9.17) is 10.5 Å². The number of rotatable bonds is 6. The van der Waals surface area contributed by atoms with Crippen LogP contribution in [0.2, 0.25) is 0 Å². The third-order valence-electron chi connectivity index (χ3n) is 5.19. The van der Waals surface area contributed by atoms with Crippen molar-refractivity contribution >= 4 is 5.91 Å². The first kappa shape index (κ1) is 18.6. The van der Waals surface area contributed by atoms with Crippen LogP contribution in [0.5, 0.6) is 0 Å². The number of nitrogens with two attached hydrogens (primary N) is 1. The molecule has 138 valence electrons. The molecule has 4 heteroatoms. The number of hydrogen-bond donors (Lipinski definition) is 2. The van der Waals surface area contributed by atoms with Crippen LogP contribution in [0.15, 0.2) is 36.4 Å². The molecule has 0 spiro atoms. The number of amides is 1. The lowest BCUT2D eigenvalue weighted by Gasteiger charge is -2.22. The molecule has 0 saturated carbocycles. The first-order chi connectivity index (χ1) is 12.5. The third kappa shape index (κ3) is 4.51. The fraction of sp³-hybridized carbons (Fsp3) is 0.409. The van der Waals surface area contributed by atoms with E-state index in [0.29, 0.717) is 5.56 Å². The quantitative estimate of drug-likeness (QED) is 0.835. The molecule has 0 bridgehead atoms. The van der Waals surface area contributed by atoms with Crippen LogP contribution < -0.4 is 11.1 Å². The predicted octanol–water partition coefficient (Wildman–Crippen LogP) is 3.59. The molecule has 0 aromatic heterocycles. The molecule has 1 fully saturated rings. The van der Waals surface area contributed by atoms with Gasteiger partial charge in [-0.25, -0.2) is 0 Å². The van der Waals surface area contributed by atoms with Gasteiger partial charge in [0, 0.05) is 25.3 Å². The SMILES string of the molecule is Cc1cc(CNCC2CCOCC2)ccc1-c1ccc(C(N)=O)cc1C. The molecular formula is C22H28N2O2. The van der Waals surface area contributed by atoms with Crippen molar-refractivity contribution in [2.24, 2.45) is 11.7 Å². The Morgan fingerprint density at radius 2 is 1.73 bits per heavy atom. The average Bonchev–Trinajstić information content (AvgIpc) is 2.63. The van der Waals surface area contributed by atoms with Crippen molar-refractivity contribution in [3.63, 3.8) is 0 Å². The Morgan fingerprint density at radius 3 is 2.35 bits per heavy atom. The van der Waals surface area contributed by atoms with E-state index in [1.807, 2.05) is 19.1 Å². The van der Waals surface area contributed by atoms with Crippen LogP contribution in [0, 0.1) is 19.8 Å². The standard InChI is InChI=1S/C22H28N2O2/c1-15-11-18(14-24-13-17-7-9-26-10-8-17)3-5-20(15)21-6-4-19(22(23)25)12-16(21)2/h3-6,11-12,17,24H,7-10,13-14H2,1-2H3,(H2,23,25). The van der Waals surface area contributed by atoms with Crippen molar-refractivity contribution in [2.75, 3.05) is 19.8 Å². The minimum Gasteiger partial charge on any atom is -0.381 e. The summed E-state index contributed by atoms with van der Waals surface area (Å²) in [6.45, 7) is 7.89. The van der Waals surface area contributed by atoms with Crippen molar-refractivity contribution < 1.29 is 9.53 Å². The Kier molecular flexibility index (Phi) is 6.07. The predicted molar refractivity (Wildman–Crippen MR) is 105 cm³/mol. The van der Waals surface area contributed by atoms with Gasteiger partial charge >= 0.3 is 0 Å². The van der Waals surface area contributed by atoms with E-state index in [9.17, 15) is 4.79 Å². The van der Waals surface area contributed by atoms with Gasteiger partial charge in [-0.2, -0.15) is 0 Å². The molecule has 1 heterocycles. The van der Waals surface area contributed by atoms with E-state index in [0.717, 1.165) is 56.2 Å². The van der Waals surface area contributed by atoms with Gasteiger partial charge in [-0.05, 0) is 79.1 Å². The highest BCUT2D eigenvalue weighted by Crippen LogP contribution is 2.28. The molecule has 1 amide bonds. The average molecular weight is 352 g/mol. The zero-order chi connectivity index (χ0) is 18.5. The van der Waals surface area contributed by atoms with Crippen LogP contribution >= 0.6 is 0 Å². The van der Waals surface area contributed by atoms with Crippen LogP contribution in [0.25, 0.3) is 11.1 Å². The van der Waals surface area contributed by atoms with Gasteiger partial charge in [-0.1, -0.05) is 24.3 Å². The molecule has 1 saturated heterocycles. The first-order valence-electron chi connectivity index (χ1n) is 9.33. The van der Waals surface area contributed by atoms with Crippen LogP contribution in [0.3, 0.4) is 0 Å². The fourth-order valence-electron chi connectivity index (χ4n) is 3.63. The molecule has 1 aliphatic heterocycles. The number of nitrogens with one attached hydrogen (secondary N) is 1. The summed E-state index contributed by atoms with van der Waals surface area (Å²) >= 11 is 0. The highest BCUT2D eigenvalue weighted by molar-refractivity contribution is 5.93. The molecule has 1 aliphatic rings. The van der Waals surface area contributed by atoms with Crippen LogP contribution in [0.1, 0.15) is 39.9 Å². The maximum Gasteiger partial charge on any atom is 0.248 e. The number of ether oxygens (including phenoxy) is 1. The highest BCUT2D eigenvalue weighted by atomic mass is 16.5. The molecule has 2 aromatic rings. The lowest BCUT2D eigenvalue weighted by Crippen LogP contribution is -2.27. The van der Waals surface area contributed by atoms with Gasteiger partial charge in [-0.15, -0.1) is 0 Å². The van der Waals surface area contributed by atoms with Gasteiger partial charge in [0.2, 0.25) is 5.91 Å². The van der Waals surface area contributed by atoms with E-state index < -0.39 is 0 Å². The van der Waals surface area contributed by atoms with E-state index in [2.05, 4.69) is 30.4 Å². The largest absolute Gasteiger partial charge is 0.381 e. The monoisotopic (exact) mass is 352 g/mol. The van der Waals surface area contributed by atoms with Crippen LogP contribution in [0.4, 0.5) is 0 Å². The normalized spacial score (nSPS) is 15.2. The zero-order valence-corrected chi connectivity index (χ0v) is 15.7. The van der Waals surface area contributed by atoms with Crippen LogP contribution in [-0.4, -0.2) is 25.7 Å². The summed E-state index contributed by atoms with van der Waals surface area (Å²) in [5, 5.41) is 3.58. The molecule has 4 nitrogen and oxygen atoms in total. The Labute approximate surface area is 155 Å². The summed E-state index contributed by atoms with van der Waals surface area (Å²) < 4.78 is 5.41. The number of benzene rings is 2. The number of aryl methyl sites for hydroxylation is 2. The van der Waals surface area contributed by atoms with Crippen molar-refractivity contribution in [2.45, 2.75) is 33.2 Å². The second-order valence-corrected chi connectivity index (χ2v) is 7.23. The van der Waals surface area contributed by atoms with Gasteiger partial charge in [0.15, 0.2) is 0 Å². The number of primary amides is 1. The summed E-state index contributed by atoms with van der Waals surface area (Å²) in [5.41, 5.74) is 11.9. The van der Waals surface area contributed by atoms with Gasteiger partial charge in [0.05, 0.1) is 0 Å². The minimum absolute atomic E-state index is 0.387.